The van der Waals surface area contributed by atoms with Crippen LogP contribution in [0.15, 0.2) is 40.9 Å². The monoisotopic (exact) mass is 352 g/mol. The highest BCUT2D eigenvalue weighted by atomic mass is 79.9. The van der Waals surface area contributed by atoms with Crippen LogP contribution >= 0.6 is 15.9 Å². The standard InChI is InChI=1S/C15H14BrFN2O2/c1-9-12(18)3-2-4-13(9)19-15(20)8-21-14-6-5-10(16)7-11(14)17/h2-7H,8,18H2,1H3,(H,19,20). The maximum Gasteiger partial charge on any atom is 0.262 e. The minimum Gasteiger partial charge on any atom is -0.481 e. The van der Waals surface area contributed by atoms with Crippen LogP contribution in [0.5, 0.6) is 5.75 Å². The Kier molecular flexibility index (Phi) is 4.80. The number of amides is 1. The van der Waals surface area contributed by atoms with Crippen LogP contribution in [0.2, 0.25) is 0 Å². The highest BCUT2D eigenvalue weighted by molar-refractivity contribution is 9.10. The fraction of sp³-hybridized carbons (Fsp3) is 0.133. The molecule has 0 spiro atoms. The van der Waals surface area contributed by atoms with Crippen molar-refractivity contribution in [2.45, 2.75) is 6.92 Å². The van der Waals surface area contributed by atoms with Gasteiger partial charge in [0.25, 0.3) is 5.91 Å². The Morgan fingerprint density at radius 3 is 2.86 bits per heavy atom. The molecule has 0 radical (unpaired) electrons. The molecule has 0 aliphatic carbocycles. The first kappa shape index (κ1) is 15.3. The van der Waals surface area contributed by atoms with Crippen LogP contribution in [0, 0.1) is 12.7 Å². The summed E-state index contributed by atoms with van der Waals surface area (Å²) in [7, 11) is 0. The molecule has 0 saturated carbocycles. The largest absolute Gasteiger partial charge is 0.481 e. The zero-order valence-corrected chi connectivity index (χ0v) is 12.9. The molecule has 2 aromatic carbocycles. The quantitative estimate of drug-likeness (QED) is 0.827. The average molecular weight is 353 g/mol. The first-order valence-corrected chi connectivity index (χ1v) is 6.99. The Labute approximate surface area is 130 Å². The molecule has 0 bridgehead atoms. The number of rotatable bonds is 4. The number of benzene rings is 2. The third kappa shape index (κ3) is 3.95. The first-order valence-electron chi connectivity index (χ1n) is 6.20. The molecule has 0 heterocycles. The molecule has 6 heteroatoms. The van der Waals surface area contributed by atoms with Gasteiger partial charge < -0.3 is 15.8 Å². The van der Waals surface area contributed by atoms with Gasteiger partial charge in [0.15, 0.2) is 18.2 Å². The predicted molar refractivity (Wildman–Crippen MR) is 83.8 cm³/mol. The van der Waals surface area contributed by atoms with Gasteiger partial charge in [-0.1, -0.05) is 22.0 Å². The summed E-state index contributed by atoms with van der Waals surface area (Å²) in [5.74, 6) is -0.888. The second kappa shape index (κ2) is 6.58. The van der Waals surface area contributed by atoms with Crippen molar-refractivity contribution in [2.75, 3.05) is 17.7 Å². The molecule has 110 valence electrons. The lowest BCUT2D eigenvalue weighted by Crippen LogP contribution is -2.21. The lowest BCUT2D eigenvalue weighted by Gasteiger charge is -2.11. The fourth-order valence-electron chi connectivity index (χ4n) is 1.71. The lowest BCUT2D eigenvalue weighted by molar-refractivity contribution is -0.118. The zero-order chi connectivity index (χ0) is 15.4. The van der Waals surface area contributed by atoms with E-state index in [-0.39, 0.29) is 18.3 Å². The van der Waals surface area contributed by atoms with Crippen molar-refractivity contribution < 1.29 is 13.9 Å². The molecular weight excluding hydrogens is 339 g/mol. The zero-order valence-electron chi connectivity index (χ0n) is 11.3. The Morgan fingerprint density at radius 1 is 1.38 bits per heavy atom. The van der Waals surface area contributed by atoms with Gasteiger partial charge in [-0.05, 0) is 42.8 Å². The van der Waals surface area contributed by atoms with Gasteiger partial charge in [-0.3, -0.25) is 4.79 Å². The summed E-state index contributed by atoms with van der Waals surface area (Å²) < 4.78 is 19.3. The van der Waals surface area contributed by atoms with E-state index in [2.05, 4.69) is 21.2 Å². The lowest BCUT2D eigenvalue weighted by atomic mass is 10.1. The van der Waals surface area contributed by atoms with E-state index in [1.807, 2.05) is 0 Å². The van der Waals surface area contributed by atoms with Gasteiger partial charge in [0, 0.05) is 15.8 Å². The fourth-order valence-corrected chi connectivity index (χ4v) is 2.04. The summed E-state index contributed by atoms with van der Waals surface area (Å²) in [5, 5.41) is 2.68. The molecule has 0 saturated heterocycles. The highest BCUT2D eigenvalue weighted by Gasteiger charge is 2.09. The number of carbonyl (C=O) groups is 1. The van der Waals surface area contributed by atoms with Crippen LogP contribution in [0.3, 0.4) is 0 Å². The summed E-state index contributed by atoms with van der Waals surface area (Å²) >= 11 is 3.15. The Morgan fingerprint density at radius 2 is 2.14 bits per heavy atom. The van der Waals surface area contributed by atoms with Crippen molar-refractivity contribution in [1.29, 1.82) is 0 Å². The number of hydrogen-bond donors (Lipinski definition) is 2. The van der Waals surface area contributed by atoms with Crippen LogP contribution in [-0.2, 0) is 4.79 Å². The molecule has 3 N–H and O–H groups in total. The molecular formula is C15H14BrFN2O2. The van der Waals surface area contributed by atoms with E-state index in [1.54, 1.807) is 31.2 Å². The first-order chi connectivity index (χ1) is 9.97. The van der Waals surface area contributed by atoms with Gasteiger partial charge in [-0.2, -0.15) is 0 Å². The average Bonchev–Trinajstić information content (AvgIpc) is 2.43. The van der Waals surface area contributed by atoms with Crippen LogP contribution < -0.4 is 15.8 Å². The summed E-state index contributed by atoms with van der Waals surface area (Å²) in [6.07, 6.45) is 0. The molecule has 0 aliphatic rings. The topological polar surface area (TPSA) is 64.3 Å². The number of hydrogen-bond acceptors (Lipinski definition) is 3. The minimum absolute atomic E-state index is 0.0256. The third-order valence-electron chi connectivity index (χ3n) is 2.90. The molecule has 0 unspecified atom stereocenters. The SMILES string of the molecule is Cc1c(N)cccc1NC(=O)COc1ccc(Br)cc1F. The third-order valence-corrected chi connectivity index (χ3v) is 3.40. The maximum absolute atomic E-state index is 13.5. The summed E-state index contributed by atoms with van der Waals surface area (Å²) in [6.45, 7) is 1.52. The molecule has 0 fully saturated rings. The van der Waals surface area contributed by atoms with Gasteiger partial charge in [0.05, 0.1) is 0 Å². The van der Waals surface area contributed by atoms with Gasteiger partial charge in [0.2, 0.25) is 0 Å². The van der Waals surface area contributed by atoms with E-state index in [4.69, 9.17) is 10.5 Å². The molecule has 0 aliphatic heterocycles. The molecule has 0 aromatic heterocycles. The highest BCUT2D eigenvalue weighted by Crippen LogP contribution is 2.22. The second-order valence-electron chi connectivity index (χ2n) is 4.43. The van der Waals surface area contributed by atoms with Crippen LogP contribution in [-0.4, -0.2) is 12.5 Å². The normalized spacial score (nSPS) is 10.2. The Hall–Kier alpha value is -2.08. The Balaban J connectivity index is 1.97. The smallest absolute Gasteiger partial charge is 0.262 e. The van der Waals surface area contributed by atoms with E-state index in [0.29, 0.717) is 15.8 Å². The van der Waals surface area contributed by atoms with Crippen LogP contribution in [0.4, 0.5) is 15.8 Å². The van der Waals surface area contributed by atoms with E-state index >= 15 is 0 Å². The van der Waals surface area contributed by atoms with E-state index < -0.39 is 5.82 Å². The van der Waals surface area contributed by atoms with Gasteiger partial charge in [-0.25, -0.2) is 4.39 Å². The number of halogens is 2. The van der Waals surface area contributed by atoms with E-state index in [1.165, 1.54) is 12.1 Å². The summed E-state index contributed by atoms with van der Waals surface area (Å²) in [4.78, 5) is 11.8. The predicted octanol–water partition coefficient (Wildman–Crippen LogP) is 3.50. The van der Waals surface area contributed by atoms with Gasteiger partial charge in [-0.15, -0.1) is 0 Å². The molecule has 1 amide bonds. The maximum atomic E-state index is 13.5. The van der Waals surface area contributed by atoms with E-state index in [0.717, 1.165) is 5.56 Å². The van der Waals surface area contributed by atoms with Crippen LogP contribution in [0.25, 0.3) is 0 Å². The summed E-state index contributed by atoms with van der Waals surface area (Å²) in [5.41, 5.74) is 7.74. The van der Waals surface area contributed by atoms with Crippen molar-refractivity contribution in [1.82, 2.24) is 0 Å². The number of nitrogen functional groups attached to an aromatic ring is 1. The van der Waals surface area contributed by atoms with Crippen LogP contribution in [0.1, 0.15) is 5.56 Å². The second-order valence-corrected chi connectivity index (χ2v) is 5.35. The van der Waals surface area contributed by atoms with Gasteiger partial charge in [0.1, 0.15) is 0 Å². The van der Waals surface area contributed by atoms with Crippen molar-refractivity contribution >= 4 is 33.2 Å². The molecule has 21 heavy (non-hydrogen) atoms. The number of nitrogens with one attached hydrogen (secondary N) is 1. The van der Waals surface area contributed by atoms with Crippen molar-refractivity contribution in [3.63, 3.8) is 0 Å². The summed E-state index contributed by atoms with van der Waals surface area (Å²) in [6, 6.07) is 9.60. The molecule has 0 atom stereocenters. The minimum atomic E-state index is -0.530. The molecule has 2 aromatic rings. The number of anilines is 2. The van der Waals surface area contributed by atoms with Crippen molar-refractivity contribution in [2.24, 2.45) is 0 Å². The van der Waals surface area contributed by atoms with E-state index in [9.17, 15) is 9.18 Å². The van der Waals surface area contributed by atoms with Gasteiger partial charge >= 0.3 is 0 Å². The molecule has 4 nitrogen and oxygen atoms in total. The molecule has 2 rings (SSSR count). The van der Waals surface area contributed by atoms with Crippen molar-refractivity contribution in [3.8, 4) is 5.75 Å². The number of ether oxygens (including phenoxy) is 1. The number of carbonyl (C=O) groups excluding carboxylic acids is 1. The number of nitrogens with two attached hydrogens (primary N) is 1. The van der Waals surface area contributed by atoms with Crippen molar-refractivity contribution in [3.05, 3.63) is 52.3 Å². The Bertz CT molecular complexity index is 677.